The Kier molecular flexibility index (Phi) is 8.63. The van der Waals surface area contributed by atoms with E-state index in [1.807, 2.05) is 24.3 Å². The van der Waals surface area contributed by atoms with E-state index in [2.05, 4.69) is 6.58 Å². The van der Waals surface area contributed by atoms with Crippen LogP contribution in [0.1, 0.15) is 17.5 Å². The molecule has 0 aromatic heterocycles. The summed E-state index contributed by atoms with van der Waals surface area (Å²) in [7, 11) is 4.70. The average molecular weight is 406 g/mol. The molecule has 2 rings (SSSR count). The molecule has 156 valence electrons. The number of benzene rings is 2. The van der Waals surface area contributed by atoms with Gasteiger partial charge in [-0.1, -0.05) is 36.4 Å². The van der Waals surface area contributed by atoms with E-state index in [0.29, 0.717) is 11.5 Å². The summed E-state index contributed by atoms with van der Waals surface area (Å²) >= 11 is 0. The number of carbonyl (C=O) groups excluding carboxylic acids is 2. The molecule has 0 fully saturated rings. The number of rotatable bonds is 11. The highest BCUT2D eigenvalue weighted by molar-refractivity contribution is 6.13. The lowest BCUT2D eigenvalue weighted by Gasteiger charge is -2.09. The zero-order valence-electron chi connectivity index (χ0n) is 17.5. The first-order valence-electron chi connectivity index (χ1n) is 9.43. The van der Waals surface area contributed by atoms with Gasteiger partial charge in [0.1, 0.15) is 5.75 Å². The third-order valence-electron chi connectivity index (χ3n) is 4.49. The molecule has 0 aliphatic rings. The van der Waals surface area contributed by atoms with Gasteiger partial charge < -0.3 is 14.2 Å². The summed E-state index contributed by atoms with van der Waals surface area (Å²) in [6, 6.07) is 12.6. The Morgan fingerprint density at radius 3 is 1.93 bits per heavy atom. The van der Waals surface area contributed by atoms with Crippen molar-refractivity contribution in [1.29, 1.82) is 0 Å². The third-order valence-corrected chi connectivity index (χ3v) is 4.49. The number of allylic oxidation sites excluding steroid dienone is 3. The minimum absolute atomic E-state index is 0.265. The minimum atomic E-state index is -0.812. The Bertz CT molecular complexity index is 939. The zero-order valence-corrected chi connectivity index (χ0v) is 17.5. The Morgan fingerprint density at radius 1 is 0.833 bits per heavy atom. The summed E-state index contributed by atoms with van der Waals surface area (Å²) in [6.07, 6.45) is 8.02. The topological polar surface area (TPSA) is 61.8 Å². The van der Waals surface area contributed by atoms with E-state index >= 15 is 0 Å². The van der Waals surface area contributed by atoms with Crippen LogP contribution < -0.4 is 14.2 Å². The molecule has 1 unspecified atom stereocenters. The van der Waals surface area contributed by atoms with Crippen LogP contribution in [-0.2, 0) is 9.59 Å². The van der Waals surface area contributed by atoms with Gasteiger partial charge in [-0.15, -0.1) is 6.58 Å². The molecule has 0 radical (unpaired) electrons. The van der Waals surface area contributed by atoms with Crippen LogP contribution in [0, 0.1) is 5.92 Å². The molecule has 30 heavy (non-hydrogen) atoms. The normalized spacial score (nSPS) is 12.0. The average Bonchev–Trinajstić information content (AvgIpc) is 2.79. The molecule has 0 bridgehead atoms. The number of ether oxygens (including phenoxy) is 3. The standard InChI is InChI=1S/C25H26O5/c1-5-6-21(22(26)14-9-18-7-12-20(28-2)13-8-18)23(27)15-10-19-11-16-24(29-3)25(17-19)30-4/h5,7-17,21H,1,6H2,2-4H3/b14-9+,15-10+. The van der Waals surface area contributed by atoms with Gasteiger partial charge in [0.2, 0.25) is 0 Å². The lowest BCUT2D eigenvalue weighted by atomic mass is 9.93. The molecule has 2 aromatic rings. The highest BCUT2D eigenvalue weighted by atomic mass is 16.5. The van der Waals surface area contributed by atoms with Gasteiger partial charge in [0.25, 0.3) is 0 Å². The zero-order chi connectivity index (χ0) is 21.9. The van der Waals surface area contributed by atoms with Gasteiger partial charge in [0.15, 0.2) is 23.1 Å². The molecule has 0 saturated heterocycles. The van der Waals surface area contributed by atoms with Crippen molar-refractivity contribution in [2.24, 2.45) is 5.92 Å². The first-order chi connectivity index (χ1) is 14.5. The van der Waals surface area contributed by atoms with Crippen molar-refractivity contribution in [3.63, 3.8) is 0 Å². The van der Waals surface area contributed by atoms with E-state index < -0.39 is 5.92 Å². The lowest BCUT2D eigenvalue weighted by molar-refractivity contribution is -0.127. The lowest BCUT2D eigenvalue weighted by Crippen LogP contribution is -2.20. The number of hydrogen-bond donors (Lipinski definition) is 0. The number of ketones is 2. The monoisotopic (exact) mass is 406 g/mol. The second-order valence-electron chi connectivity index (χ2n) is 6.44. The van der Waals surface area contributed by atoms with Crippen molar-refractivity contribution in [3.05, 3.63) is 78.4 Å². The fraction of sp³-hybridized carbons (Fsp3) is 0.200. The van der Waals surface area contributed by atoms with Crippen molar-refractivity contribution in [2.45, 2.75) is 6.42 Å². The SMILES string of the molecule is C=CCC(C(=O)/C=C/c1ccc(OC)cc1)C(=O)/C=C/c1ccc(OC)c(OC)c1. The predicted molar refractivity (Wildman–Crippen MR) is 119 cm³/mol. The summed E-state index contributed by atoms with van der Waals surface area (Å²) in [4.78, 5) is 25.3. The summed E-state index contributed by atoms with van der Waals surface area (Å²) in [5, 5.41) is 0. The van der Waals surface area contributed by atoms with E-state index in [1.54, 1.807) is 57.8 Å². The molecule has 0 spiro atoms. The van der Waals surface area contributed by atoms with Gasteiger partial charge in [-0.25, -0.2) is 0 Å². The van der Waals surface area contributed by atoms with Crippen LogP contribution in [-0.4, -0.2) is 32.9 Å². The molecule has 0 aliphatic carbocycles. The summed E-state index contributed by atoms with van der Waals surface area (Å²) < 4.78 is 15.6. The third kappa shape index (κ3) is 6.21. The quantitative estimate of drug-likeness (QED) is 0.306. The van der Waals surface area contributed by atoms with Crippen LogP contribution in [0.5, 0.6) is 17.2 Å². The molecule has 0 amide bonds. The molecule has 0 saturated carbocycles. The van der Waals surface area contributed by atoms with Gasteiger partial charge >= 0.3 is 0 Å². The van der Waals surface area contributed by atoms with E-state index in [0.717, 1.165) is 16.9 Å². The van der Waals surface area contributed by atoms with Crippen LogP contribution in [0.3, 0.4) is 0 Å². The molecule has 5 nitrogen and oxygen atoms in total. The Morgan fingerprint density at radius 2 is 1.40 bits per heavy atom. The number of carbonyl (C=O) groups is 2. The van der Waals surface area contributed by atoms with Crippen LogP contribution in [0.2, 0.25) is 0 Å². The Labute approximate surface area is 177 Å². The Hall–Kier alpha value is -3.60. The van der Waals surface area contributed by atoms with Gasteiger partial charge in [-0.3, -0.25) is 9.59 Å². The van der Waals surface area contributed by atoms with Crippen LogP contribution in [0.25, 0.3) is 12.2 Å². The predicted octanol–water partition coefficient (Wildman–Crippen LogP) is 4.77. The molecule has 5 heteroatoms. The van der Waals surface area contributed by atoms with Gasteiger partial charge in [0.05, 0.1) is 27.2 Å². The summed E-state index contributed by atoms with van der Waals surface area (Å²) in [6.45, 7) is 3.67. The maximum absolute atomic E-state index is 12.7. The highest BCUT2D eigenvalue weighted by Gasteiger charge is 2.21. The van der Waals surface area contributed by atoms with Crippen molar-refractivity contribution >= 4 is 23.7 Å². The van der Waals surface area contributed by atoms with Crippen molar-refractivity contribution in [2.75, 3.05) is 21.3 Å². The molecular formula is C25H26O5. The van der Waals surface area contributed by atoms with Crippen molar-refractivity contribution in [1.82, 2.24) is 0 Å². The molecule has 0 aliphatic heterocycles. The molecule has 0 heterocycles. The summed E-state index contributed by atoms with van der Waals surface area (Å²) in [5.41, 5.74) is 1.61. The Balaban J connectivity index is 2.12. The minimum Gasteiger partial charge on any atom is -0.497 e. The van der Waals surface area contributed by atoms with Gasteiger partial charge in [0, 0.05) is 0 Å². The van der Waals surface area contributed by atoms with E-state index in [9.17, 15) is 9.59 Å². The smallest absolute Gasteiger partial charge is 0.166 e. The van der Waals surface area contributed by atoms with Gasteiger partial charge in [-0.2, -0.15) is 0 Å². The first kappa shape index (κ1) is 22.7. The van der Waals surface area contributed by atoms with Crippen molar-refractivity contribution < 1.29 is 23.8 Å². The van der Waals surface area contributed by atoms with Crippen molar-refractivity contribution in [3.8, 4) is 17.2 Å². The fourth-order valence-corrected chi connectivity index (χ4v) is 2.80. The second-order valence-corrected chi connectivity index (χ2v) is 6.44. The molecule has 1 atom stereocenters. The molecule has 2 aromatic carbocycles. The molecular weight excluding hydrogens is 380 g/mol. The number of methoxy groups -OCH3 is 3. The maximum atomic E-state index is 12.7. The van der Waals surface area contributed by atoms with Crippen LogP contribution in [0.4, 0.5) is 0 Å². The second kappa shape index (κ2) is 11.4. The summed E-state index contributed by atoms with van der Waals surface area (Å²) in [5.74, 6) is 0.534. The van der Waals surface area contributed by atoms with Crippen LogP contribution >= 0.6 is 0 Å². The van der Waals surface area contributed by atoms with Gasteiger partial charge in [-0.05, 0) is 54.0 Å². The largest absolute Gasteiger partial charge is 0.497 e. The van der Waals surface area contributed by atoms with E-state index in [1.165, 1.54) is 12.2 Å². The number of hydrogen-bond acceptors (Lipinski definition) is 5. The maximum Gasteiger partial charge on any atom is 0.166 e. The molecule has 0 N–H and O–H groups in total. The highest BCUT2D eigenvalue weighted by Crippen LogP contribution is 2.28. The van der Waals surface area contributed by atoms with Crippen LogP contribution in [0.15, 0.2) is 67.3 Å². The van der Waals surface area contributed by atoms with E-state index in [4.69, 9.17) is 14.2 Å². The fourth-order valence-electron chi connectivity index (χ4n) is 2.80. The first-order valence-corrected chi connectivity index (χ1v) is 9.43. The van der Waals surface area contributed by atoms with E-state index in [-0.39, 0.29) is 18.0 Å².